The molecule has 28 heavy (non-hydrogen) atoms. The fourth-order valence-electron chi connectivity index (χ4n) is 2.50. The third kappa shape index (κ3) is 8.44. The molecule has 6 nitrogen and oxygen atoms in total. The summed E-state index contributed by atoms with van der Waals surface area (Å²) in [6.45, 7) is 2.15. The lowest BCUT2D eigenvalue weighted by atomic mass is 10.1. The number of aromatic nitrogens is 1. The monoisotopic (exact) mass is 446 g/mol. The number of anilines is 1. The summed E-state index contributed by atoms with van der Waals surface area (Å²) in [6.07, 6.45) is 4.69. The smallest absolute Gasteiger partial charge is 0.244 e. The molecule has 0 saturated heterocycles. The van der Waals surface area contributed by atoms with Crippen LogP contribution in [0.1, 0.15) is 25.3 Å². The minimum atomic E-state index is -0.625. The molecule has 1 atom stereocenters. The van der Waals surface area contributed by atoms with Crippen molar-refractivity contribution >= 4 is 53.9 Å². The number of rotatable bonds is 8. The van der Waals surface area contributed by atoms with E-state index in [0.29, 0.717) is 17.1 Å². The highest BCUT2D eigenvalue weighted by Crippen LogP contribution is 2.14. The Kier molecular flexibility index (Phi) is 12.5. The minimum Gasteiger partial charge on any atom is -0.328 e. The summed E-state index contributed by atoms with van der Waals surface area (Å²) in [5, 5.41) is 3.35. The zero-order valence-electron chi connectivity index (χ0n) is 15.5. The molecule has 1 aromatic carbocycles. The molecular weight excluding hydrogens is 423 g/mol. The summed E-state index contributed by atoms with van der Waals surface area (Å²) in [7, 11) is 0. The molecule has 1 heterocycles. The Morgan fingerprint density at radius 1 is 1.21 bits per heavy atom. The van der Waals surface area contributed by atoms with Gasteiger partial charge in [0.25, 0.3) is 0 Å². The average molecular weight is 448 g/mol. The van der Waals surface area contributed by atoms with Gasteiger partial charge >= 0.3 is 0 Å². The van der Waals surface area contributed by atoms with E-state index in [-0.39, 0.29) is 49.7 Å². The molecule has 3 N–H and O–H groups in total. The number of nitrogens with one attached hydrogen (secondary N) is 1. The third-order valence-corrected chi connectivity index (χ3v) is 4.04. The third-order valence-electron chi connectivity index (χ3n) is 3.79. The van der Waals surface area contributed by atoms with Gasteiger partial charge in [-0.05, 0) is 42.3 Å². The van der Waals surface area contributed by atoms with Crippen molar-refractivity contribution in [3.05, 3.63) is 59.4 Å². The highest BCUT2D eigenvalue weighted by atomic mass is 35.5. The first kappa shape index (κ1) is 26.1. The van der Waals surface area contributed by atoms with Crippen LogP contribution >= 0.6 is 36.4 Å². The van der Waals surface area contributed by atoms with Gasteiger partial charge in [0.15, 0.2) is 0 Å². The molecule has 0 aliphatic heterocycles. The number of benzene rings is 1. The second-order valence-electron chi connectivity index (χ2n) is 6.01. The van der Waals surface area contributed by atoms with Crippen LogP contribution in [-0.4, -0.2) is 34.3 Å². The molecule has 0 saturated carbocycles. The Bertz CT molecular complexity index is 730. The van der Waals surface area contributed by atoms with Gasteiger partial charge < -0.3 is 16.0 Å². The molecule has 2 rings (SSSR count). The zero-order chi connectivity index (χ0) is 18.9. The number of hydrogen-bond acceptors (Lipinski definition) is 4. The van der Waals surface area contributed by atoms with Gasteiger partial charge in [-0.25, -0.2) is 0 Å². The van der Waals surface area contributed by atoms with E-state index in [1.54, 1.807) is 42.7 Å². The molecule has 0 radical (unpaired) electrons. The number of carbonyl (C=O) groups is 2. The molecule has 2 aromatic rings. The first-order chi connectivity index (χ1) is 12.5. The zero-order valence-corrected chi connectivity index (χ0v) is 17.9. The Hall–Kier alpha value is -1.86. The van der Waals surface area contributed by atoms with E-state index in [1.807, 2.05) is 13.0 Å². The van der Waals surface area contributed by atoms with Gasteiger partial charge in [-0.1, -0.05) is 31.0 Å². The van der Waals surface area contributed by atoms with E-state index in [2.05, 4.69) is 10.3 Å². The van der Waals surface area contributed by atoms with Crippen LogP contribution < -0.4 is 11.1 Å². The van der Waals surface area contributed by atoms with E-state index in [0.717, 1.165) is 12.0 Å². The van der Waals surface area contributed by atoms with E-state index >= 15 is 0 Å². The number of pyridine rings is 1. The van der Waals surface area contributed by atoms with Gasteiger partial charge in [0, 0.05) is 29.6 Å². The molecular formula is C19H25Cl3N4O2. The number of amides is 2. The first-order valence-corrected chi connectivity index (χ1v) is 8.86. The highest BCUT2D eigenvalue weighted by Gasteiger charge is 2.23. The predicted octanol–water partition coefficient (Wildman–Crippen LogP) is 3.67. The van der Waals surface area contributed by atoms with Crippen molar-refractivity contribution < 1.29 is 9.59 Å². The Labute approximate surface area is 182 Å². The largest absolute Gasteiger partial charge is 0.328 e. The summed E-state index contributed by atoms with van der Waals surface area (Å²) in [4.78, 5) is 30.6. The fraction of sp³-hybridized carbons (Fsp3) is 0.316. The Morgan fingerprint density at radius 3 is 2.46 bits per heavy atom. The van der Waals surface area contributed by atoms with Crippen molar-refractivity contribution in [2.24, 2.45) is 5.73 Å². The second kappa shape index (κ2) is 13.3. The summed E-state index contributed by atoms with van der Waals surface area (Å²) in [6, 6.07) is 9.81. The van der Waals surface area contributed by atoms with Crippen molar-refractivity contribution in [2.75, 3.05) is 11.9 Å². The molecule has 1 unspecified atom stereocenters. The van der Waals surface area contributed by atoms with Crippen molar-refractivity contribution in [3.8, 4) is 0 Å². The summed E-state index contributed by atoms with van der Waals surface area (Å²) in [5.41, 5.74) is 7.43. The molecule has 0 spiro atoms. The van der Waals surface area contributed by atoms with E-state index in [4.69, 9.17) is 17.3 Å². The maximum Gasteiger partial charge on any atom is 0.244 e. The van der Waals surface area contributed by atoms with Gasteiger partial charge in [-0.3, -0.25) is 14.6 Å². The van der Waals surface area contributed by atoms with Gasteiger partial charge in [0.05, 0.1) is 6.04 Å². The second-order valence-corrected chi connectivity index (χ2v) is 6.44. The van der Waals surface area contributed by atoms with Crippen LogP contribution in [0, 0.1) is 0 Å². The number of carbonyl (C=O) groups excluding carboxylic acids is 2. The lowest BCUT2D eigenvalue weighted by molar-refractivity contribution is -0.136. The quantitative estimate of drug-likeness (QED) is 0.646. The summed E-state index contributed by atoms with van der Waals surface area (Å²) >= 11 is 5.84. The summed E-state index contributed by atoms with van der Waals surface area (Å²) in [5.74, 6) is -0.546. The molecule has 0 fully saturated rings. The number of nitrogens with zero attached hydrogens (tertiary/aromatic N) is 2. The predicted molar refractivity (Wildman–Crippen MR) is 117 cm³/mol. The van der Waals surface area contributed by atoms with Crippen LogP contribution in [0.5, 0.6) is 0 Å². The van der Waals surface area contributed by atoms with Gasteiger partial charge in [-0.2, -0.15) is 0 Å². The van der Waals surface area contributed by atoms with Crippen LogP contribution in [0.2, 0.25) is 5.02 Å². The van der Waals surface area contributed by atoms with Crippen molar-refractivity contribution in [1.29, 1.82) is 0 Å². The number of halogens is 3. The van der Waals surface area contributed by atoms with Crippen molar-refractivity contribution in [2.45, 2.75) is 32.4 Å². The molecule has 2 amide bonds. The lowest BCUT2D eigenvalue weighted by Gasteiger charge is -2.25. The van der Waals surface area contributed by atoms with Gasteiger partial charge in [0.1, 0.15) is 6.54 Å². The molecule has 154 valence electrons. The average Bonchev–Trinajstić information content (AvgIpc) is 2.63. The lowest BCUT2D eigenvalue weighted by Crippen LogP contribution is -2.46. The summed E-state index contributed by atoms with van der Waals surface area (Å²) < 4.78 is 0. The molecule has 0 aliphatic rings. The van der Waals surface area contributed by atoms with E-state index in [1.165, 1.54) is 4.90 Å². The van der Waals surface area contributed by atoms with Gasteiger partial charge in [-0.15, -0.1) is 24.8 Å². The SMILES string of the molecule is CCCC(N)C(=O)N(CC(=O)Nc1ccc(Cl)cc1)Cc1cccnc1.Cl.Cl. The Balaban J connectivity index is 0.00000364. The van der Waals surface area contributed by atoms with Crippen molar-refractivity contribution in [3.63, 3.8) is 0 Å². The minimum absolute atomic E-state index is 0. The number of nitrogens with two attached hydrogens (primary N) is 1. The highest BCUT2D eigenvalue weighted by molar-refractivity contribution is 6.30. The van der Waals surface area contributed by atoms with Gasteiger partial charge in [0.2, 0.25) is 11.8 Å². The van der Waals surface area contributed by atoms with E-state index < -0.39 is 6.04 Å². The molecule has 0 bridgehead atoms. The first-order valence-electron chi connectivity index (χ1n) is 8.48. The molecule has 0 aliphatic carbocycles. The van der Waals surface area contributed by atoms with Crippen molar-refractivity contribution in [1.82, 2.24) is 9.88 Å². The molecule has 1 aromatic heterocycles. The maximum atomic E-state index is 12.7. The topological polar surface area (TPSA) is 88.3 Å². The van der Waals surface area contributed by atoms with Crippen LogP contribution in [-0.2, 0) is 16.1 Å². The molecule has 9 heteroatoms. The van der Waals surface area contributed by atoms with Crippen LogP contribution in [0.4, 0.5) is 5.69 Å². The standard InChI is InChI=1S/C19H23ClN4O2.2ClH/c1-2-4-17(21)19(26)24(12-14-5-3-10-22-11-14)13-18(25)23-16-8-6-15(20)7-9-16;;/h3,5-11,17H,2,4,12-13,21H2,1H3,(H,23,25);2*1H. The normalized spacial score (nSPS) is 10.8. The van der Waals surface area contributed by atoms with Crippen LogP contribution in [0.15, 0.2) is 48.8 Å². The van der Waals surface area contributed by atoms with Crippen LogP contribution in [0.3, 0.4) is 0 Å². The fourth-order valence-corrected chi connectivity index (χ4v) is 2.63. The number of hydrogen-bond donors (Lipinski definition) is 2. The van der Waals surface area contributed by atoms with Crippen LogP contribution in [0.25, 0.3) is 0 Å². The Morgan fingerprint density at radius 2 is 1.89 bits per heavy atom. The maximum absolute atomic E-state index is 12.7. The van der Waals surface area contributed by atoms with E-state index in [9.17, 15) is 9.59 Å².